The maximum atomic E-state index is 14.8. The molecule has 1 aliphatic heterocycles. The highest BCUT2D eigenvalue weighted by atomic mass is 35.5. The molecule has 2 aliphatic rings. The quantitative estimate of drug-likeness (QED) is 0.744. The summed E-state index contributed by atoms with van der Waals surface area (Å²) in [5, 5.41) is 8.99. The van der Waals surface area contributed by atoms with Crippen LogP contribution in [0.25, 0.3) is 10.9 Å². The van der Waals surface area contributed by atoms with E-state index in [0.29, 0.717) is 18.6 Å². The van der Waals surface area contributed by atoms with E-state index in [-0.39, 0.29) is 46.3 Å². The lowest BCUT2D eigenvalue weighted by Gasteiger charge is -2.23. The summed E-state index contributed by atoms with van der Waals surface area (Å²) in [6.07, 6.45) is 2.21. The second-order valence-corrected chi connectivity index (χ2v) is 7.12. The van der Waals surface area contributed by atoms with Crippen molar-refractivity contribution in [3.05, 3.63) is 33.3 Å². The number of fused-ring (bicyclic) bond motifs is 1. The normalized spacial score (nSPS) is 19.2. The van der Waals surface area contributed by atoms with Gasteiger partial charge in [0.1, 0.15) is 5.82 Å². The van der Waals surface area contributed by atoms with Crippen LogP contribution >= 0.6 is 24.0 Å². The van der Waals surface area contributed by atoms with Gasteiger partial charge in [-0.05, 0) is 25.3 Å². The van der Waals surface area contributed by atoms with Crippen molar-refractivity contribution in [1.82, 2.24) is 4.57 Å². The van der Waals surface area contributed by atoms with Crippen LogP contribution in [0.1, 0.15) is 25.3 Å². The molecule has 7 nitrogen and oxygen atoms in total. The van der Waals surface area contributed by atoms with Crippen molar-refractivity contribution in [2.24, 2.45) is 5.73 Å². The largest absolute Gasteiger partial charge is 0.511 e. The molecule has 1 aliphatic carbocycles. The fourth-order valence-electron chi connectivity index (χ4n) is 3.49. The summed E-state index contributed by atoms with van der Waals surface area (Å²) in [6, 6.07) is 1.13. The van der Waals surface area contributed by atoms with Crippen molar-refractivity contribution in [1.29, 1.82) is 0 Å². The second kappa shape index (κ2) is 7.18. The van der Waals surface area contributed by atoms with Gasteiger partial charge in [-0.15, -0.1) is 12.4 Å². The van der Waals surface area contributed by atoms with Gasteiger partial charge < -0.3 is 25.0 Å². The number of anilines is 1. The summed E-state index contributed by atoms with van der Waals surface area (Å²) in [5.74, 6) is -0.994. The molecule has 2 aromatic rings. The van der Waals surface area contributed by atoms with E-state index in [2.05, 4.69) is 4.74 Å². The molecule has 0 bridgehead atoms. The van der Waals surface area contributed by atoms with E-state index in [0.717, 1.165) is 25.3 Å². The van der Waals surface area contributed by atoms with E-state index in [1.165, 1.54) is 6.20 Å². The van der Waals surface area contributed by atoms with Crippen molar-refractivity contribution in [3.63, 3.8) is 0 Å². The van der Waals surface area contributed by atoms with Crippen molar-refractivity contribution >= 4 is 46.8 Å². The Labute approximate surface area is 164 Å². The van der Waals surface area contributed by atoms with Gasteiger partial charge in [0, 0.05) is 25.2 Å². The molecule has 2 heterocycles. The third kappa shape index (κ3) is 3.44. The lowest BCUT2D eigenvalue weighted by atomic mass is 10.1. The molecule has 10 heteroatoms. The Kier molecular flexibility index (Phi) is 5.24. The number of carboxylic acid groups (broad SMARTS) is 1. The number of hydrogen-bond acceptors (Lipinski definition) is 5. The Morgan fingerprint density at radius 3 is 2.63 bits per heavy atom. The molecule has 27 heavy (non-hydrogen) atoms. The Bertz CT molecular complexity index is 977. The Morgan fingerprint density at radius 1 is 1.37 bits per heavy atom. The lowest BCUT2D eigenvalue weighted by Crippen LogP contribution is -2.27. The van der Waals surface area contributed by atoms with Gasteiger partial charge >= 0.3 is 6.16 Å². The molecule has 2 fully saturated rings. The molecule has 3 N–H and O–H groups in total. The predicted molar refractivity (Wildman–Crippen MR) is 102 cm³/mol. The number of rotatable bonds is 3. The highest BCUT2D eigenvalue weighted by molar-refractivity contribution is 6.38. The number of nitrogens with two attached hydrogens (primary N) is 1. The maximum absolute atomic E-state index is 14.8. The van der Waals surface area contributed by atoms with Crippen LogP contribution in [0.2, 0.25) is 5.02 Å². The molecule has 4 rings (SSSR count). The van der Waals surface area contributed by atoms with Crippen LogP contribution in [0.15, 0.2) is 17.1 Å². The highest BCUT2D eigenvalue weighted by Gasteiger charge is 2.31. The van der Waals surface area contributed by atoms with E-state index in [4.69, 9.17) is 22.4 Å². The third-order valence-corrected chi connectivity index (χ3v) is 5.19. The van der Waals surface area contributed by atoms with Crippen LogP contribution in [-0.4, -0.2) is 35.0 Å². The molecule has 0 radical (unpaired) electrons. The predicted octanol–water partition coefficient (Wildman–Crippen LogP) is 3.14. The number of pyridine rings is 1. The molecule has 1 saturated heterocycles. The zero-order valence-electron chi connectivity index (χ0n) is 14.2. The Hall–Kier alpha value is -2.03. The van der Waals surface area contributed by atoms with E-state index in [1.54, 1.807) is 9.47 Å². The minimum atomic E-state index is -1.60. The van der Waals surface area contributed by atoms with Gasteiger partial charge in [-0.25, -0.2) is 9.18 Å². The fraction of sp³-hybridized carbons (Fsp3) is 0.412. The SMILES string of the molecule is Cl.NC1CCN(c2c(F)cc3c(=O)c(OC(=O)O)cn(C4CC4)c3c2Cl)C1. The number of hydrogen-bond donors (Lipinski definition) is 2. The van der Waals surface area contributed by atoms with Gasteiger partial charge in [0.25, 0.3) is 0 Å². The summed E-state index contributed by atoms with van der Waals surface area (Å²) < 4.78 is 21.1. The number of aromatic nitrogens is 1. The molecular formula is C17H18Cl2FN3O4. The van der Waals surface area contributed by atoms with Gasteiger partial charge in [-0.3, -0.25) is 4.79 Å². The van der Waals surface area contributed by atoms with Crippen molar-refractivity contribution in [3.8, 4) is 5.75 Å². The van der Waals surface area contributed by atoms with Gasteiger partial charge in [-0.1, -0.05) is 11.6 Å². The first-order valence-electron chi connectivity index (χ1n) is 8.35. The standard InChI is InChI=1S/C17H17ClFN3O4.ClH/c18-13-14-10(5-11(19)15(13)21-4-3-8(20)6-21)16(23)12(26-17(24)25)7-22(14)9-1-2-9;/h5,7-9H,1-4,6,20H2,(H,24,25);1H. The van der Waals surface area contributed by atoms with Crippen LogP contribution < -0.4 is 20.8 Å². The first-order chi connectivity index (χ1) is 12.4. The third-order valence-electron chi connectivity index (χ3n) is 4.83. The van der Waals surface area contributed by atoms with Gasteiger partial charge in [-0.2, -0.15) is 0 Å². The van der Waals surface area contributed by atoms with Gasteiger partial charge in [0.2, 0.25) is 5.43 Å². The average molecular weight is 418 g/mol. The van der Waals surface area contributed by atoms with Crippen molar-refractivity contribution in [2.45, 2.75) is 31.3 Å². The molecule has 1 aromatic carbocycles. The molecule has 1 unspecified atom stereocenters. The monoisotopic (exact) mass is 417 g/mol. The Morgan fingerprint density at radius 2 is 2.07 bits per heavy atom. The second-order valence-electron chi connectivity index (χ2n) is 6.74. The number of nitrogens with zero attached hydrogens (tertiary/aromatic N) is 2. The summed E-state index contributed by atoms with van der Waals surface area (Å²) in [6.45, 7) is 1.06. The van der Waals surface area contributed by atoms with E-state index >= 15 is 0 Å². The minimum Gasteiger partial charge on any atom is -0.449 e. The lowest BCUT2D eigenvalue weighted by molar-refractivity contribution is 0.143. The zero-order valence-corrected chi connectivity index (χ0v) is 15.7. The van der Waals surface area contributed by atoms with Crippen LogP contribution in [0.4, 0.5) is 14.9 Å². The summed E-state index contributed by atoms with van der Waals surface area (Å²) in [5.41, 5.74) is 5.84. The Balaban J connectivity index is 0.00000210. The van der Waals surface area contributed by atoms with Crippen LogP contribution in [-0.2, 0) is 0 Å². The highest BCUT2D eigenvalue weighted by Crippen LogP contribution is 2.43. The van der Waals surface area contributed by atoms with Crippen molar-refractivity contribution in [2.75, 3.05) is 18.0 Å². The molecule has 1 atom stereocenters. The summed E-state index contributed by atoms with van der Waals surface area (Å²) >= 11 is 6.54. The first kappa shape index (κ1) is 19.7. The van der Waals surface area contributed by atoms with Crippen molar-refractivity contribution < 1.29 is 19.0 Å². The van der Waals surface area contributed by atoms with E-state index in [1.807, 2.05) is 0 Å². The molecule has 1 saturated carbocycles. The number of halogens is 3. The van der Waals surface area contributed by atoms with Crippen LogP contribution in [0.5, 0.6) is 5.75 Å². The van der Waals surface area contributed by atoms with Gasteiger partial charge in [0.15, 0.2) is 5.75 Å². The minimum absolute atomic E-state index is 0. The number of benzene rings is 1. The topological polar surface area (TPSA) is 97.8 Å². The van der Waals surface area contributed by atoms with E-state index < -0.39 is 17.4 Å². The molecular weight excluding hydrogens is 400 g/mol. The first-order valence-corrected chi connectivity index (χ1v) is 8.72. The maximum Gasteiger partial charge on any atom is 0.511 e. The summed E-state index contributed by atoms with van der Waals surface area (Å²) in [7, 11) is 0. The zero-order chi connectivity index (χ0) is 18.6. The van der Waals surface area contributed by atoms with Crippen LogP contribution in [0, 0.1) is 5.82 Å². The van der Waals surface area contributed by atoms with Gasteiger partial charge in [0.05, 0.1) is 27.8 Å². The molecule has 146 valence electrons. The number of carbonyl (C=O) groups is 1. The summed E-state index contributed by atoms with van der Waals surface area (Å²) in [4.78, 5) is 25.2. The molecule has 1 aromatic heterocycles. The number of ether oxygens (including phenoxy) is 1. The van der Waals surface area contributed by atoms with Crippen LogP contribution in [0.3, 0.4) is 0 Å². The van der Waals surface area contributed by atoms with E-state index in [9.17, 15) is 14.0 Å². The fourth-order valence-corrected chi connectivity index (χ4v) is 3.90. The molecule has 0 spiro atoms. The molecule has 0 amide bonds. The smallest absolute Gasteiger partial charge is 0.449 e. The average Bonchev–Trinajstić information content (AvgIpc) is 3.32.